The molecule has 0 atom stereocenters. The van der Waals surface area contributed by atoms with Gasteiger partial charge < -0.3 is 0 Å². The Kier molecular flexibility index (Phi) is 7.27. The van der Waals surface area contributed by atoms with Gasteiger partial charge in [0.1, 0.15) is 8.07 Å². The Bertz CT molecular complexity index is 2850. The summed E-state index contributed by atoms with van der Waals surface area (Å²) in [6.45, 7) is 4.94. The fourth-order valence-electron chi connectivity index (χ4n) is 8.39. The maximum absolute atomic E-state index is 5.39. The van der Waals surface area contributed by atoms with Crippen LogP contribution in [0.5, 0.6) is 0 Å². The van der Waals surface area contributed by atoms with E-state index in [4.69, 9.17) is 15.0 Å². The molecule has 0 saturated carbocycles. The molecular weight excluding hydrogens is 659 g/mol. The van der Waals surface area contributed by atoms with Crippen molar-refractivity contribution in [3.8, 4) is 67.5 Å². The number of rotatable bonds is 5. The van der Waals surface area contributed by atoms with Crippen LogP contribution in [0.25, 0.3) is 89.1 Å². The lowest BCUT2D eigenvalue weighted by atomic mass is 9.94. The van der Waals surface area contributed by atoms with Gasteiger partial charge >= 0.3 is 0 Å². The van der Waals surface area contributed by atoms with E-state index in [1.807, 2.05) is 6.07 Å². The molecule has 250 valence electrons. The molecule has 2 heterocycles. The van der Waals surface area contributed by atoms with E-state index >= 15 is 0 Å². The molecule has 0 saturated heterocycles. The summed E-state index contributed by atoms with van der Waals surface area (Å²) in [4.78, 5) is 16.0. The molecule has 0 N–H and O–H groups in total. The van der Waals surface area contributed by atoms with Crippen molar-refractivity contribution in [2.24, 2.45) is 0 Å². The molecule has 0 amide bonds. The molecular formula is C49H35N3Si. The van der Waals surface area contributed by atoms with Crippen LogP contribution in [0.15, 0.2) is 176 Å². The van der Waals surface area contributed by atoms with E-state index in [1.54, 1.807) is 0 Å². The minimum atomic E-state index is -2.15. The predicted octanol–water partition coefficient (Wildman–Crippen LogP) is 11.3. The van der Waals surface area contributed by atoms with E-state index in [1.165, 1.54) is 54.3 Å². The van der Waals surface area contributed by atoms with Crippen LogP contribution in [0.4, 0.5) is 0 Å². The Morgan fingerprint density at radius 3 is 1.60 bits per heavy atom. The fraction of sp³-hybridized carbons (Fsp3) is 0.0408. The Hall–Kier alpha value is -6.49. The van der Waals surface area contributed by atoms with Crippen LogP contribution in [-0.2, 0) is 0 Å². The van der Waals surface area contributed by atoms with Crippen molar-refractivity contribution in [2.75, 3.05) is 0 Å². The topological polar surface area (TPSA) is 38.7 Å². The zero-order valence-electron chi connectivity index (χ0n) is 29.6. The van der Waals surface area contributed by atoms with Gasteiger partial charge in [0, 0.05) is 16.7 Å². The number of benzene rings is 8. The van der Waals surface area contributed by atoms with Gasteiger partial charge in [-0.1, -0.05) is 183 Å². The van der Waals surface area contributed by atoms with Crippen molar-refractivity contribution in [3.63, 3.8) is 0 Å². The second kappa shape index (κ2) is 12.3. The lowest BCUT2D eigenvalue weighted by molar-refractivity contribution is 1.08. The molecule has 1 aromatic heterocycles. The highest BCUT2D eigenvalue weighted by Gasteiger charge is 2.40. The van der Waals surface area contributed by atoms with Crippen LogP contribution in [-0.4, -0.2) is 23.0 Å². The van der Waals surface area contributed by atoms with Crippen molar-refractivity contribution in [1.82, 2.24) is 15.0 Å². The molecule has 10 rings (SSSR count). The van der Waals surface area contributed by atoms with Crippen molar-refractivity contribution >= 4 is 40.0 Å². The van der Waals surface area contributed by atoms with E-state index < -0.39 is 8.07 Å². The van der Waals surface area contributed by atoms with Gasteiger partial charge in [0.15, 0.2) is 17.5 Å². The van der Waals surface area contributed by atoms with E-state index in [0.29, 0.717) is 17.5 Å². The monoisotopic (exact) mass is 693 g/mol. The second-order valence-electron chi connectivity index (χ2n) is 14.4. The van der Waals surface area contributed by atoms with Crippen molar-refractivity contribution in [1.29, 1.82) is 0 Å². The quantitative estimate of drug-likeness (QED) is 0.168. The molecule has 9 aromatic rings. The molecule has 53 heavy (non-hydrogen) atoms. The summed E-state index contributed by atoms with van der Waals surface area (Å²) >= 11 is 0. The Morgan fingerprint density at radius 2 is 0.868 bits per heavy atom. The Balaban J connectivity index is 1.20. The standard InChI is InChI=1S/C49H35N3Si/c1-53(2)44-31-28-35-18-9-10-19-38(35)45(44)42-22-13-23-43(46(42)53)49-51-47(36-26-24-33(25-27-36)32-14-5-3-6-15-32)50-48(52-49)41-30-29-37(34-16-7-4-8-17-34)39-20-11-12-21-40(39)41/h3-31H,1-2H3. The van der Waals surface area contributed by atoms with Gasteiger partial charge in [-0.2, -0.15) is 0 Å². The van der Waals surface area contributed by atoms with Gasteiger partial charge in [0.05, 0.1) is 0 Å². The molecule has 0 radical (unpaired) electrons. The Labute approximate surface area is 310 Å². The summed E-state index contributed by atoms with van der Waals surface area (Å²) in [6.07, 6.45) is 0. The maximum Gasteiger partial charge on any atom is 0.164 e. The van der Waals surface area contributed by atoms with Crippen LogP contribution < -0.4 is 10.4 Å². The first-order valence-electron chi connectivity index (χ1n) is 18.2. The average Bonchev–Trinajstić information content (AvgIpc) is 3.47. The van der Waals surface area contributed by atoms with E-state index in [-0.39, 0.29) is 0 Å². The van der Waals surface area contributed by atoms with Crippen LogP contribution >= 0.6 is 0 Å². The molecule has 0 spiro atoms. The van der Waals surface area contributed by atoms with E-state index in [0.717, 1.165) is 27.6 Å². The normalized spacial score (nSPS) is 12.9. The van der Waals surface area contributed by atoms with Gasteiger partial charge in [-0.15, -0.1) is 0 Å². The number of nitrogens with zero attached hydrogens (tertiary/aromatic N) is 3. The van der Waals surface area contributed by atoms with Gasteiger partial charge in [0.2, 0.25) is 0 Å². The number of aromatic nitrogens is 3. The number of hydrogen-bond acceptors (Lipinski definition) is 3. The summed E-state index contributed by atoms with van der Waals surface area (Å²) in [5.41, 5.74) is 10.4. The molecule has 0 fully saturated rings. The first kappa shape index (κ1) is 31.3. The van der Waals surface area contributed by atoms with Gasteiger partial charge in [-0.25, -0.2) is 15.0 Å². The van der Waals surface area contributed by atoms with Crippen LogP contribution in [0, 0.1) is 0 Å². The third-order valence-corrected chi connectivity index (χ3v) is 14.5. The minimum absolute atomic E-state index is 0.666. The highest BCUT2D eigenvalue weighted by Crippen LogP contribution is 2.39. The molecule has 0 bridgehead atoms. The third kappa shape index (κ3) is 5.14. The molecule has 8 aromatic carbocycles. The average molecular weight is 694 g/mol. The first-order valence-corrected chi connectivity index (χ1v) is 21.2. The first-order chi connectivity index (χ1) is 26.0. The smallest absolute Gasteiger partial charge is 0.164 e. The van der Waals surface area contributed by atoms with Crippen molar-refractivity contribution < 1.29 is 0 Å². The molecule has 0 aliphatic carbocycles. The lowest BCUT2D eigenvalue weighted by Crippen LogP contribution is -2.50. The third-order valence-electron chi connectivity index (χ3n) is 10.9. The highest BCUT2D eigenvalue weighted by atomic mass is 28.3. The number of fused-ring (bicyclic) bond motifs is 6. The molecule has 1 aliphatic rings. The summed E-state index contributed by atoms with van der Waals surface area (Å²) in [5, 5.41) is 7.71. The lowest BCUT2D eigenvalue weighted by Gasteiger charge is -2.22. The molecule has 1 aliphatic heterocycles. The zero-order valence-corrected chi connectivity index (χ0v) is 30.6. The van der Waals surface area contributed by atoms with Gasteiger partial charge in [-0.05, 0) is 71.4 Å². The van der Waals surface area contributed by atoms with E-state index in [9.17, 15) is 0 Å². The van der Waals surface area contributed by atoms with Crippen molar-refractivity contribution in [3.05, 3.63) is 176 Å². The molecule has 0 unspecified atom stereocenters. The summed E-state index contributed by atoms with van der Waals surface area (Å²) in [6, 6.07) is 62.8. The van der Waals surface area contributed by atoms with Gasteiger partial charge in [0.25, 0.3) is 0 Å². The van der Waals surface area contributed by atoms with Crippen LogP contribution in [0.3, 0.4) is 0 Å². The van der Waals surface area contributed by atoms with Crippen molar-refractivity contribution in [2.45, 2.75) is 13.1 Å². The van der Waals surface area contributed by atoms with Crippen LogP contribution in [0.1, 0.15) is 0 Å². The second-order valence-corrected chi connectivity index (χ2v) is 18.7. The maximum atomic E-state index is 5.39. The largest absolute Gasteiger partial charge is 0.208 e. The molecule has 4 heteroatoms. The summed E-state index contributed by atoms with van der Waals surface area (Å²) in [5.74, 6) is 2.05. The SMILES string of the molecule is C[Si]1(C)c2ccc3ccccc3c2-c2cccc(-c3nc(-c4ccc(-c5ccccc5)cc4)nc(-c4ccc(-c5ccccc5)c5ccccc45)n3)c21. The van der Waals surface area contributed by atoms with Crippen LogP contribution in [0.2, 0.25) is 13.1 Å². The van der Waals surface area contributed by atoms with E-state index in [2.05, 4.69) is 183 Å². The molecule has 3 nitrogen and oxygen atoms in total. The summed E-state index contributed by atoms with van der Waals surface area (Å²) < 4.78 is 0. The van der Waals surface area contributed by atoms with Gasteiger partial charge in [-0.3, -0.25) is 0 Å². The fourth-order valence-corrected chi connectivity index (χ4v) is 11.8. The minimum Gasteiger partial charge on any atom is -0.208 e. The highest BCUT2D eigenvalue weighted by molar-refractivity contribution is 7.04. The Morgan fingerprint density at radius 1 is 0.340 bits per heavy atom. The number of hydrogen-bond donors (Lipinski definition) is 0. The predicted molar refractivity (Wildman–Crippen MR) is 224 cm³/mol. The zero-order chi connectivity index (χ0) is 35.5. The summed E-state index contributed by atoms with van der Waals surface area (Å²) in [7, 11) is -2.15.